The van der Waals surface area contributed by atoms with Crippen molar-refractivity contribution < 1.29 is 4.79 Å². The Bertz CT molecular complexity index is 712. The van der Waals surface area contributed by atoms with Crippen LogP contribution in [0.4, 0.5) is 5.00 Å². The average molecular weight is 296 g/mol. The maximum atomic E-state index is 12.3. The smallest absolute Gasteiger partial charge is 0.256 e. The summed E-state index contributed by atoms with van der Waals surface area (Å²) in [5.41, 5.74) is 2.42. The molecule has 0 bridgehead atoms. The fraction of sp³-hybridized carbons (Fsp3) is 0.294. The first-order valence-electron chi connectivity index (χ1n) is 7.12. The number of anilines is 1. The standard InChI is InChI=1S/C17H16N2OS/c1-11-6-5-9-14-15(11)13(10-18)17(21-14)19-16(20)12-7-3-2-4-8-12/h2-4,7-8,11H,5-6,9H2,1H3,(H,19,20). The van der Waals surface area contributed by atoms with Crippen molar-refractivity contribution in [1.82, 2.24) is 0 Å². The minimum atomic E-state index is -0.154. The molecule has 4 heteroatoms. The number of benzene rings is 1. The van der Waals surface area contributed by atoms with E-state index in [1.807, 2.05) is 18.2 Å². The monoisotopic (exact) mass is 296 g/mol. The summed E-state index contributed by atoms with van der Waals surface area (Å²) in [6, 6.07) is 11.4. The lowest BCUT2D eigenvalue weighted by Crippen LogP contribution is -2.11. The van der Waals surface area contributed by atoms with Crippen LogP contribution in [0.3, 0.4) is 0 Å². The fourth-order valence-electron chi connectivity index (χ4n) is 2.87. The van der Waals surface area contributed by atoms with Crippen LogP contribution >= 0.6 is 11.3 Å². The molecule has 0 fully saturated rings. The third-order valence-corrected chi connectivity index (χ3v) is 5.11. The number of rotatable bonds is 2. The van der Waals surface area contributed by atoms with E-state index in [1.165, 1.54) is 4.88 Å². The highest BCUT2D eigenvalue weighted by atomic mass is 32.1. The second kappa shape index (κ2) is 5.71. The number of nitriles is 1. The number of amides is 1. The van der Waals surface area contributed by atoms with E-state index in [4.69, 9.17) is 0 Å². The van der Waals surface area contributed by atoms with Gasteiger partial charge < -0.3 is 5.32 Å². The molecule has 1 aromatic carbocycles. The van der Waals surface area contributed by atoms with Gasteiger partial charge in [-0.3, -0.25) is 4.79 Å². The molecular formula is C17H16N2OS. The van der Waals surface area contributed by atoms with Crippen LogP contribution in [0.25, 0.3) is 0 Å². The van der Waals surface area contributed by atoms with Crippen molar-refractivity contribution in [2.24, 2.45) is 0 Å². The molecule has 0 saturated heterocycles. The van der Waals surface area contributed by atoms with E-state index in [1.54, 1.807) is 23.5 Å². The van der Waals surface area contributed by atoms with Gasteiger partial charge in [-0.05, 0) is 42.9 Å². The molecule has 0 spiro atoms. The average Bonchev–Trinajstić information content (AvgIpc) is 2.86. The maximum absolute atomic E-state index is 12.3. The first kappa shape index (κ1) is 13.8. The number of thiophene rings is 1. The lowest BCUT2D eigenvalue weighted by Gasteiger charge is -2.18. The summed E-state index contributed by atoms with van der Waals surface area (Å²) in [6.45, 7) is 2.16. The second-order valence-electron chi connectivity index (χ2n) is 5.37. The van der Waals surface area contributed by atoms with Crippen molar-refractivity contribution in [2.75, 3.05) is 5.32 Å². The van der Waals surface area contributed by atoms with E-state index in [9.17, 15) is 10.1 Å². The zero-order valence-corrected chi connectivity index (χ0v) is 12.7. The number of nitrogens with one attached hydrogen (secondary N) is 1. The summed E-state index contributed by atoms with van der Waals surface area (Å²) in [6.07, 6.45) is 3.29. The van der Waals surface area contributed by atoms with Crippen LogP contribution in [-0.2, 0) is 6.42 Å². The summed E-state index contributed by atoms with van der Waals surface area (Å²) in [4.78, 5) is 13.5. The Kier molecular flexibility index (Phi) is 3.76. The molecule has 106 valence electrons. The zero-order chi connectivity index (χ0) is 14.8. The second-order valence-corrected chi connectivity index (χ2v) is 6.47. The van der Waals surface area contributed by atoms with Gasteiger partial charge in [0.05, 0.1) is 5.56 Å². The molecule has 1 heterocycles. The molecule has 1 aliphatic rings. The molecule has 0 aliphatic heterocycles. The molecule has 1 N–H and O–H groups in total. The van der Waals surface area contributed by atoms with Gasteiger partial charge in [-0.2, -0.15) is 5.26 Å². The Morgan fingerprint density at radius 1 is 1.38 bits per heavy atom. The fourth-order valence-corrected chi connectivity index (χ4v) is 4.18. The highest BCUT2D eigenvalue weighted by Gasteiger charge is 2.26. The summed E-state index contributed by atoms with van der Waals surface area (Å²) in [5.74, 6) is 0.250. The number of hydrogen-bond acceptors (Lipinski definition) is 3. The third-order valence-electron chi connectivity index (χ3n) is 3.93. The van der Waals surface area contributed by atoms with Gasteiger partial charge in [-0.25, -0.2) is 0 Å². The largest absolute Gasteiger partial charge is 0.312 e. The van der Waals surface area contributed by atoms with Gasteiger partial charge in [0.25, 0.3) is 5.91 Å². The molecule has 21 heavy (non-hydrogen) atoms. The molecular weight excluding hydrogens is 280 g/mol. The lowest BCUT2D eigenvalue weighted by atomic mass is 9.87. The number of carbonyl (C=O) groups excluding carboxylic acids is 1. The Morgan fingerprint density at radius 2 is 2.14 bits per heavy atom. The summed E-state index contributed by atoms with van der Waals surface area (Å²) in [7, 11) is 0. The molecule has 0 saturated carbocycles. The van der Waals surface area contributed by atoms with Gasteiger partial charge in [0, 0.05) is 10.4 Å². The first-order chi connectivity index (χ1) is 10.2. The van der Waals surface area contributed by atoms with Crippen molar-refractivity contribution in [2.45, 2.75) is 32.1 Å². The number of nitrogens with zero attached hydrogens (tertiary/aromatic N) is 1. The SMILES string of the molecule is CC1CCCc2sc(NC(=O)c3ccccc3)c(C#N)c21. The third kappa shape index (κ3) is 2.57. The van der Waals surface area contributed by atoms with Gasteiger partial charge in [0.1, 0.15) is 11.1 Å². The summed E-state index contributed by atoms with van der Waals surface area (Å²) >= 11 is 1.56. The molecule has 3 nitrogen and oxygen atoms in total. The van der Waals surface area contributed by atoms with Crippen molar-refractivity contribution in [3.63, 3.8) is 0 Å². The summed E-state index contributed by atoms with van der Waals surface area (Å²) < 4.78 is 0. The maximum Gasteiger partial charge on any atom is 0.256 e. The van der Waals surface area contributed by atoms with Crippen molar-refractivity contribution in [3.8, 4) is 6.07 Å². The lowest BCUT2D eigenvalue weighted by molar-refractivity contribution is 0.102. The van der Waals surface area contributed by atoms with Gasteiger partial charge in [-0.1, -0.05) is 25.1 Å². The van der Waals surface area contributed by atoms with Crippen LogP contribution in [-0.4, -0.2) is 5.91 Å². The topological polar surface area (TPSA) is 52.9 Å². The Balaban J connectivity index is 1.93. The predicted molar refractivity (Wildman–Crippen MR) is 84.8 cm³/mol. The van der Waals surface area contributed by atoms with Crippen LogP contribution in [0.15, 0.2) is 30.3 Å². The Hall–Kier alpha value is -2.12. The number of carbonyl (C=O) groups is 1. The van der Waals surface area contributed by atoms with E-state index >= 15 is 0 Å². The van der Waals surface area contributed by atoms with Gasteiger partial charge in [0.2, 0.25) is 0 Å². The van der Waals surface area contributed by atoms with Gasteiger partial charge >= 0.3 is 0 Å². The highest BCUT2D eigenvalue weighted by Crippen LogP contribution is 2.43. The van der Waals surface area contributed by atoms with Gasteiger partial charge in [-0.15, -0.1) is 11.3 Å². The molecule has 1 aromatic heterocycles. The quantitative estimate of drug-likeness (QED) is 0.897. The normalized spacial score (nSPS) is 16.9. The molecule has 3 rings (SSSR count). The molecule has 1 amide bonds. The molecule has 1 unspecified atom stereocenters. The highest BCUT2D eigenvalue weighted by molar-refractivity contribution is 7.16. The van der Waals surface area contributed by atoms with Crippen molar-refractivity contribution >= 4 is 22.2 Å². The molecule has 2 aromatic rings. The minimum absolute atomic E-state index is 0.154. The number of aryl methyl sites for hydroxylation is 1. The van der Waals surface area contributed by atoms with E-state index < -0.39 is 0 Å². The Labute approximate surface area is 128 Å². The van der Waals surface area contributed by atoms with E-state index in [-0.39, 0.29) is 5.91 Å². The van der Waals surface area contributed by atoms with Crippen molar-refractivity contribution in [3.05, 3.63) is 51.9 Å². The molecule has 1 atom stereocenters. The van der Waals surface area contributed by atoms with Crippen LogP contribution < -0.4 is 5.32 Å². The Morgan fingerprint density at radius 3 is 2.86 bits per heavy atom. The molecule has 0 radical (unpaired) electrons. The van der Waals surface area contributed by atoms with Gasteiger partial charge in [0.15, 0.2) is 0 Å². The predicted octanol–water partition coefficient (Wildman–Crippen LogP) is 4.31. The van der Waals surface area contributed by atoms with E-state index in [2.05, 4.69) is 18.3 Å². The molecule has 1 aliphatic carbocycles. The first-order valence-corrected chi connectivity index (χ1v) is 7.94. The minimum Gasteiger partial charge on any atom is -0.312 e. The van der Waals surface area contributed by atoms with E-state index in [0.29, 0.717) is 22.0 Å². The number of hydrogen-bond donors (Lipinski definition) is 1. The van der Waals surface area contributed by atoms with Crippen LogP contribution in [0.1, 0.15) is 52.0 Å². The summed E-state index contributed by atoms with van der Waals surface area (Å²) in [5, 5.41) is 13.1. The zero-order valence-electron chi connectivity index (χ0n) is 11.8. The van der Waals surface area contributed by atoms with E-state index in [0.717, 1.165) is 24.8 Å². The van der Waals surface area contributed by atoms with Crippen LogP contribution in [0, 0.1) is 11.3 Å². The van der Waals surface area contributed by atoms with Crippen LogP contribution in [0.5, 0.6) is 0 Å². The number of fused-ring (bicyclic) bond motifs is 1. The van der Waals surface area contributed by atoms with Crippen molar-refractivity contribution in [1.29, 1.82) is 5.26 Å². The van der Waals surface area contributed by atoms with Crippen LogP contribution in [0.2, 0.25) is 0 Å².